The molecule has 6 heteroatoms. The van der Waals surface area contributed by atoms with Crippen molar-refractivity contribution in [3.05, 3.63) is 82.1 Å². The maximum Gasteiger partial charge on any atom is 0.289 e. The van der Waals surface area contributed by atoms with Gasteiger partial charge in [0.1, 0.15) is 17.3 Å². The Balaban J connectivity index is 1.69. The van der Waals surface area contributed by atoms with E-state index in [1.165, 1.54) is 15.5 Å². The molecule has 0 saturated heterocycles. The fourth-order valence-electron chi connectivity index (χ4n) is 2.40. The average Bonchev–Trinajstić information content (AvgIpc) is 3.18. The number of carbonyl (C=O) groups excluding carboxylic acids is 1. The molecule has 0 radical (unpaired) electrons. The summed E-state index contributed by atoms with van der Waals surface area (Å²) in [6, 6.07) is 12.0. The largest absolute Gasteiger partial charge is 0.464 e. The fourth-order valence-corrected chi connectivity index (χ4v) is 2.40. The molecule has 0 N–H and O–H groups in total. The highest BCUT2D eigenvalue weighted by molar-refractivity contribution is 5.91. The van der Waals surface area contributed by atoms with Crippen molar-refractivity contribution in [1.82, 2.24) is 9.47 Å². The van der Waals surface area contributed by atoms with E-state index in [1.54, 1.807) is 37.5 Å². The summed E-state index contributed by atoms with van der Waals surface area (Å²) in [6.07, 6.45) is 1.68. The predicted octanol–water partition coefficient (Wildman–Crippen LogP) is 2.66. The second kappa shape index (κ2) is 6.62. The van der Waals surface area contributed by atoms with Crippen molar-refractivity contribution in [2.24, 2.45) is 0 Å². The lowest BCUT2D eigenvalue weighted by Crippen LogP contribution is -2.25. The van der Waals surface area contributed by atoms with Crippen LogP contribution in [0.15, 0.2) is 62.3 Å². The van der Waals surface area contributed by atoms with Crippen molar-refractivity contribution in [2.45, 2.75) is 20.0 Å². The first-order valence-electron chi connectivity index (χ1n) is 7.58. The summed E-state index contributed by atoms with van der Waals surface area (Å²) in [4.78, 5) is 25.6. The zero-order valence-corrected chi connectivity index (χ0v) is 13.6. The van der Waals surface area contributed by atoms with E-state index < -0.39 is 0 Å². The van der Waals surface area contributed by atoms with Crippen molar-refractivity contribution >= 4 is 5.91 Å². The maximum absolute atomic E-state index is 12.4. The number of carbonyl (C=O) groups is 1. The summed E-state index contributed by atoms with van der Waals surface area (Å²) in [5, 5.41) is 0. The first-order chi connectivity index (χ1) is 11.5. The van der Waals surface area contributed by atoms with Crippen LogP contribution in [0.1, 0.15) is 27.8 Å². The topological polar surface area (TPSA) is 68.6 Å². The summed E-state index contributed by atoms with van der Waals surface area (Å²) in [5.74, 6) is 2.06. The van der Waals surface area contributed by atoms with Crippen LogP contribution in [0.25, 0.3) is 0 Å². The number of aromatic nitrogens is 1. The van der Waals surface area contributed by atoms with Gasteiger partial charge in [-0.1, -0.05) is 6.07 Å². The smallest absolute Gasteiger partial charge is 0.289 e. The Morgan fingerprint density at radius 3 is 2.58 bits per heavy atom. The lowest BCUT2D eigenvalue weighted by Gasteiger charge is -2.13. The molecule has 0 saturated carbocycles. The van der Waals surface area contributed by atoms with E-state index in [0.717, 1.165) is 5.76 Å². The van der Waals surface area contributed by atoms with Crippen LogP contribution in [0.5, 0.6) is 0 Å². The normalized spacial score (nSPS) is 10.8. The molecule has 0 aliphatic rings. The van der Waals surface area contributed by atoms with Crippen LogP contribution in [0.3, 0.4) is 0 Å². The Kier molecular flexibility index (Phi) is 4.37. The lowest BCUT2D eigenvalue weighted by molar-refractivity contribution is 0.0741. The van der Waals surface area contributed by atoms with Crippen LogP contribution in [-0.2, 0) is 13.1 Å². The Labute approximate surface area is 138 Å². The molecule has 24 heavy (non-hydrogen) atoms. The molecule has 1 amide bonds. The molecule has 0 aromatic carbocycles. The minimum Gasteiger partial charge on any atom is -0.464 e. The molecule has 3 aromatic rings. The number of hydrogen-bond acceptors (Lipinski definition) is 4. The molecule has 0 aliphatic heterocycles. The monoisotopic (exact) mass is 326 g/mol. The third kappa shape index (κ3) is 3.48. The van der Waals surface area contributed by atoms with E-state index in [-0.39, 0.29) is 23.8 Å². The molecule has 3 rings (SSSR count). The SMILES string of the molecule is Cc1ccc(CN(C)C(=O)c2ccc(Cn3ccccc3=O)o2)o1. The van der Waals surface area contributed by atoms with Gasteiger partial charge in [0.15, 0.2) is 5.76 Å². The molecule has 0 spiro atoms. The Hall–Kier alpha value is -3.02. The number of nitrogens with zero attached hydrogens (tertiary/aromatic N) is 2. The van der Waals surface area contributed by atoms with Gasteiger partial charge in [0, 0.05) is 19.3 Å². The van der Waals surface area contributed by atoms with Gasteiger partial charge in [0.05, 0.1) is 13.1 Å². The first-order valence-corrected chi connectivity index (χ1v) is 7.58. The van der Waals surface area contributed by atoms with Crippen LogP contribution in [0, 0.1) is 6.92 Å². The highest BCUT2D eigenvalue weighted by Crippen LogP contribution is 2.14. The average molecular weight is 326 g/mol. The minimum absolute atomic E-state index is 0.118. The lowest BCUT2D eigenvalue weighted by atomic mass is 10.3. The van der Waals surface area contributed by atoms with Gasteiger partial charge in [-0.3, -0.25) is 9.59 Å². The van der Waals surface area contributed by atoms with Gasteiger partial charge in [0.2, 0.25) is 0 Å². The van der Waals surface area contributed by atoms with Gasteiger partial charge in [-0.2, -0.15) is 0 Å². The maximum atomic E-state index is 12.4. The number of hydrogen-bond donors (Lipinski definition) is 0. The summed E-state index contributed by atoms with van der Waals surface area (Å²) < 4.78 is 12.6. The van der Waals surface area contributed by atoms with E-state index in [0.29, 0.717) is 18.1 Å². The van der Waals surface area contributed by atoms with Gasteiger partial charge in [0.25, 0.3) is 11.5 Å². The standard InChI is InChI=1S/C18H18N2O4/c1-13-6-7-14(23-13)11-19(2)18(22)16-9-8-15(24-16)12-20-10-4-3-5-17(20)21/h3-10H,11-12H2,1-2H3. The van der Waals surface area contributed by atoms with Crippen molar-refractivity contribution in [3.63, 3.8) is 0 Å². The first kappa shape index (κ1) is 15.9. The van der Waals surface area contributed by atoms with Crippen LogP contribution in [0.4, 0.5) is 0 Å². The molecule has 0 aliphatic carbocycles. The second-order valence-electron chi connectivity index (χ2n) is 5.61. The highest BCUT2D eigenvalue weighted by Gasteiger charge is 2.17. The molecule has 0 fully saturated rings. The van der Waals surface area contributed by atoms with Crippen molar-refractivity contribution in [1.29, 1.82) is 0 Å². The molecule has 0 bridgehead atoms. The van der Waals surface area contributed by atoms with E-state index >= 15 is 0 Å². The van der Waals surface area contributed by atoms with Gasteiger partial charge < -0.3 is 18.3 Å². The van der Waals surface area contributed by atoms with Crippen molar-refractivity contribution in [3.8, 4) is 0 Å². The van der Waals surface area contributed by atoms with E-state index in [1.807, 2.05) is 19.1 Å². The highest BCUT2D eigenvalue weighted by atomic mass is 16.4. The molecular formula is C18H18N2O4. The predicted molar refractivity (Wildman–Crippen MR) is 87.8 cm³/mol. The van der Waals surface area contributed by atoms with Gasteiger partial charge in [-0.05, 0) is 37.3 Å². The van der Waals surface area contributed by atoms with Crippen LogP contribution in [0.2, 0.25) is 0 Å². The number of pyridine rings is 1. The molecule has 0 atom stereocenters. The summed E-state index contributed by atoms with van der Waals surface area (Å²) in [5.41, 5.74) is -0.118. The zero-order chi connectivity index (χ0) is 17.1. The third-order valence-electron chi connectivity index (χ3n) is 3.63. The van der Waals surface area contributed by atoms with Crippen molar-refractivity contribution in [2.75, 3.05) is 7.05 Å². The van der Waals surface area contributed by atoms with Gasteiger partial charge in [-0.15, -0.1) is 0 Å². The number of aryl methyl sites for hydroxylation is 1. The molecule has 3 aromatic heterocycles. The number of furan rings is 2. The van der Waals surface area contributed by atoms with Gasteiger partial charge in [-0.25, -0.2) is 0 Å². The van der Waals surface area contributed by atoms with E-state index in [9.17, 15) is 9.59 Å². The number of amides is 1. The summed E-state index contributed by atoms with van der Waals surface area (Å²) in [7, 11) is 1.68. The molecule has 3 heterocycles. The van der Waals surface area contributed by atoms with Crippen molar-refractivity contribution < 1.29 is 13.6 Å². The van der Waals surface area contributed by atoms with Crippen LogP contribution < -0.4 is 5.56 Å². The second-order valence-corrected chi connectivity index (χ2v) is 5.61. The fraction of sp³-hybridized carbons (Fsp3) is 0.222. The quantitative estimate of drug-likeness (QED) is 0.723. The Bertz CT molecular complexity index is 903. The molecular weight excluding hydrogens is 308 g/mol. The summed E-state index contributed by atoms with van der Waals surface area (Å²) >= 11 is 0. The Morgan fingerprint density at radius 2 is 1.88 bits per heavy atom. The summed E-state index contributed by atoms with van der Waals surface area (Å²) in [6.45, 7) is 2.50. The zero-order valence-electron chi connectivity index (χ0n) is 13.6. The van der Waals surface area contributed by atoms with Crippen LogP contribution in [-0.4, -0.2) is 22.4 Å². The van der Waals surface area contributed by atoms with Gasteiger partial charge >= 0.3 is 0 Å². The Morgan fingerprint density at radius 1 is 1.08 bits per heavy atom. The molecule has 124 valence electrons. The van der Waals surface area contributed by atoms with E-state index in [2.05, 4.69) is 0 Å². The third-order valence-corrected chi connectivity index (χ3v) is 3.63. The van der Waals surface area contributed by atoms with Crippen LogP contribution >= 0.6 is 0 Å². The minimum atomic E-state index is -0.240. The molecule has 6 nitrogen and oxygen atoms in total. The number of rotatable bonds is 5. The molecule has 0 unspecified atom stereocenters. The van der Waals surface area contributed by atoms with E-state index in [4.69, 9.17) is 8.83 Å².